The summed E-state index contributed by atoms with van der Waals surface area (Å²) in [6, 6.07) is 5.34. The van der Waals surface area contributed by atoms with Gasteiger partial charge < -0.3 is 25.8 Å². The van der Waals surface area contributed by atoms with E-state index in [1.165, 1.54) is 0 Å². The second-order valence-electron chi connectivity index (χ2n) is 6.49. The molecule has 1 heterocycles. The van der Waals surface area contributed by atoms with Crippen LogP contribution < -0.4 is 25.8 Å². The van der Waals surface area contributed by atoms with Gasteiger partial charge >= 0.3 is 0 Å². The van der Waals surface area contributed by atoms with Crippen LogP contribution in [0.3, 0.4) is 0 Å². The van der Waals surface area contributed by atoms with E-state index in [4.69, 9.17) is 21.6 Å². The smallest absolute Gasteiger partial charge is 0.237 e. The third-order valence-electron chi connectivity index (χ3n) is 4.38. The van der Waals surface area contributed by atoms with Gasteiger partial charge in [0.05, 0.1) is 13.2 Å². The molecule has 1 aliphatic rings. The second kappa shape index (κ2) is 10.7. The third-order valence-corrected chi connectivity index (χ3v) is 4.38. The molecule has 0 aliphatic carbocycles. The number of methoxy groups -OCH3 is 1. The van der Waals surface area contributed by atoms with Crippen LogP contribution in [0.1, 0.15) is 31.2 Å². The Morgan fingerprint density at radius 1 is 1.38 bits per heavy atom. The van der Waals surface area contributed by atoms with Crippen molar-refractivity contribution in [3.63, 3.8) is 0 Å². The van der Waals surface area contributed by atoms with E-state index in [1.807, 2.05) is 12.1 Å². The molecule has 0 aromatic heterocycles. The van der Waals surface area contributed by atoms with E-state index in [1.54, 1.807) is 7.11 Å². The largest absolute Gasteiger partial charge is 0.497 e. The molecule has 1 saturated heterocycles. The zero-order valence-corrected chi connectivity index (χ0v) is 15.4. The Balaban J connectivity index is 1.85. The zero-order valence-electron chi connectivity index (χ0n) is 15.4. The summed E-state index contributed by atoms with van der Waals surface area (Å²) in [5, 5.41) is 6.15. The van der Waals surface area contributed by atoms with E-state index in [0.29, 0.717) is 6.54 Å². The molecule has 0 saturated carbocycles. The van der Waals surface area contributed by atoms with Crippen molar-refractivity contribution in [2.45, 2.75) is 44.2 Å². The highest BCUT2D eigenvalue weighted by atomic mass is 16.5. The van der Waals surface area contributed by atoms with Gasteiger partial charge in [0.15, 0.2) is 0 Å². The summed E-state index contributed by atoms with van der Waals surface area (Å²) in [5.41, 5.74) is 6.80. The molecule has 2 rings (SSSR count). The number of benzene rings is 1. The molecule has 0 bridgehead atoms. The lowest BCUT2D eigenvalue weighted by Gasteiger charge is -2.24. The van der Waals surface area contributed by atoms with Gasteiger partial charge in [-0.3, -0.25) is 4.79 Å². The number of nitrogens with two attached hydrogens (primary N) is 1. The standard InChI is InChI=1S/C20H29N3O3/c1-3-5-19(21)20(24)23-9-4-6-15-12-17(25-2)14-18(13-15)26-16-7-10-22-11-8-16/h1,12-14,16,19,22H,4-11,21H2,2H3,(H,23,24)/t19-/m0/s1. The molecule has 1 aromatic rings. The molecule has 1 amide bonds. The van der Waals surface area contributed by atoms with Gasteiger partial charge in [0.2, 0.25) is 5.91 Å². The summed E-state index contributed by atoms with van der Waals surface area (Å²) in [7, 11) is 1.65. The molecule has 26 heavy (non-hydrogen) atoms. The average Bonchev–Trinajstić information content (AvgIpc) is 2.65. The quantitative estimate of drug-likeness (QED) is 0.456. The van der Waals surface area contributed by atoms with Crippen LogP contribution in [0.25, 0.3) is 0 Å². The summed E-state index contributed by atoms with van der Waals surface area (Å²) in [6.07, 6.45) is 9.29. The van der Waals surface area contributed by atoms with Crippen LogP contribution in [0.5, 0.6) is 11.5 Å². The van der Waals surface area contributed by atoms with E-state index in [9.17, 15) is 4.79 Å². The van der Waals surface area contributed by atoms with Crippen molar-refractivity contribution in [1.29, 1.82) is 0 Å². The highest BCUT2D eigenvalue weighted by Gasteiger charge is 2.15. The molecule has 1 aromatic carbocycles. The SMILES string of the molecule is C#CC[C@H](N)C(=O)NCCCc1cc(OC)cc(OC2CCNCC2)c1. The molecular weight excluding hydrogens is 330 g/mol. The van der Waals surface area contributed by atoms with Crippen molar-refractivity contribution in [1.82, 2.24) is 10.6 Å². The normalized spacial score (nSPS) is 15.7. The Labute approximate surface area is 155 Å². The van der Waals surface area contributed by atoms with Crippen molar-refractivity contribution in [2.24, 2.45) is 5.73 Å². The van der Waals surface area contributed by atoms with Crippen LogP contribution in [0.4, 0.5) is 0 Å². The number of piperidine rings is 1. The summed E-state index contributed by atoms with van der Waals surface area (Å²) < 4.78 is 11.5. The second-order valence-corrected chi connectivity index (χ2v) is 6.49. The third kappa shape index (κ3) is 6.58. The van der Waals surface area contributed by atoms with Gasteiger partial charge in [0.1, 0.15) is 17.6 Å². The minimum Gasteiger partial charge on any atom is -0.497 e. The van der Waals surface area contributed by atoms with Gasteiger partial charge in [-0.15, -0.1) is 12.3 Å². The predicted octanol–water partition coefficient (Wildman–Crippen LogP) is 1.23. The first-order valence-corrected chi connectivity index (χ1v) is 9.14. The van der Waals surface area contributed by atoms with Gasteiger partial charge in [0, 0.05) is 19.0 Å². The van der Waals surface area contributed by atoms with Crippen molar-refractivity contribution in [2.75, 3.05) is 26.7 Å². The molecule has 1 fully saturated rings. The topological polar surface area (TPSA) is 85.6 Å². The molecular formula is C20H29N3O3. The van der Waals surface area contributed by atoms with Crippen LogP contribution in [-0.4, -0.2) is 44.8 Å². The first kappa shape index (κ1) is 20.1. The van der Waals surface area contributed by atoms with Crippen molar-refractivity contribution < 1.29 is 14.3 Å². The lowest BCUT2D eigenvalue weighted by Crippen LogP contribution is -2.40. The Bertz CT molecular complexity index is 621. The molecule has 1 atom stereocenters. The maximum Gasteiger partial charge on any atom is 0.237 e. The monoisotopic (exact) mass is 359 g/mol. The summed E-state index contributed by atoms with van der Waals surface area (Å²) in [6.45, 7) is 2.53. The van der Waals surface area contributed by atoms with Crippen LogP contribution in [-0.2, 0) is 11.2 Å². The first-order valence-electron chi connectivity index (χ1n) is 9.14. The number of nitrogens with one attached hydrogen (secondary N) is 2. The number of carbonyl (C=O) groups excluding carboxylic acids is 1. The average molecular weight is 359 g/mol. The van der Waals surface area contributed by atoms with E-state index in [0.717, 1.165) is 55.8 Å². The van der Waals surface area contributed by atoms with Gasteiger partial charge in [0.25, 0.3) is 0 Å². The maximum atomic E-state index is 11.7. The Morgan fingerprint density at radius 3 is 2.81 bits per heavy atom. The fraction of sp³-hybridized carbons (Fsp3) is 0.550. The van der Waals surface area contributed by atoms with Crippen molar-refractivity contribution in [3.8, 4) is 23.8 Å². The van der Waals surface area contributed by atoms with Gasteiger partial charge in [-0.25, -0.2) is 0 Å². The number of amides is 1. The number of carbonyl (C=O) groups is 1. The lowest BCUT2D eigenvalue weighted by molar-refractivity contribution is -0.122. The van der Waals surface area contributed by atoms with E-state index in [-0.39, 0.29) is 18.4 Å². The fourth-order valence-electron chi connectivity index (χ4n) is 2.92. The van der Waals surface area contributed by atoms with Crippen LogP contribution in [0.2, 0.25) is 0 Å². The molecule has 142 valence electrons. The fourth-order valence-corrected chi connectivity index (χ4v) is 2.92. The minimum absolute atomic E-state index is 0.205. The van der Waals surface area contributed by atoms with Crippen LogP contribution in [0.15, 0.2) is 18.2 Å². The molecule has 6 heteroatoms. The van der Waals surface area contributed by atoms with Crippen molar-refractivity contribution in [3.05, 3.63) is 23.8 Å². The molecule has 0 radical (unpaired) electrons. The summed E-state index contributed by atoms with van der Waals surface area (Å²) in [4.78, 5) is 11.7. The first-order chi connectivity index (χ1) is 12.6. The predicted molar refractivity (Wildman–Crippen MR) is 102 cm³/mol. The van der Waals surface area contributed by atoms with E-state index in [2.05, 4.69) is 22.6 Å². The number of aryl methyl sites for hydroxylation is 1. The summed E-state index contributed by atoms with van der Waals surface area (Å²) in [5.74, 6) is 3.82. The summed E-state index contributed by atoms with van der Waals surface area (Å²) >= 11 is 0. The van der Waals surface area contributed by atoms with E-state index < -0.39 is 6.04 Å². The van der Waals surface area contributed by atoms with Crippen LogP contribution in [0, 0.1) is 12.3 Å². The Hall–Kier alpha value is -2.23. The number of ether oxygens (including phenoxy) is 2. The zero-order chi connectivity index (χ0) is 18.8. The van der Waals surface area contributed by atoms with E-state index >= 15 is 0 Å². The van der Waals surface area contributed by atoms with Gasteiger partial charge in [-0.1, -0.05) is 0 Å². The highest BCUT2D eigenvalue weighted by Crippen LogP contribution is 2.25. The molecule has 1 aliphatic heterocycles. The van der Waals surface area contributed by atoms with Crippen molar-refractivity contribution >= 4 is 5.91 Å². The highest BCUT2D eigenvalue weighted by molar-refractivity contribution is 5.81. The molecule has 0 spiro atoms. The van der Waals surface area contributed by atoms with Crippen LogP contribution >= 0.6 is 0 Å². The number of hydrogen-bond acceptors (Lipinski definition) is 5. The number of hydrogen-bond donors (Lipinski definition) is 3. The Kier molecular flexibility index (Phi) is 8.26. The number of rotatable bonds is 9. The lowest BCUT2D eigenvalue weighted by atomic mass is 10.1. The Morgan fingerprint density at radius 2 is 2.12 bits per heavy atom. The molecule has 0 unspecified atom stereocenters. The molecule has 6 nitrogen and oxygen atoms in total. The molecule has 4 N–H and O–H groups in total. The maximum absolute atomic E-state index is 11.7. The van der Waals surface area contributed by atoms with Gasteiger partial charge in [-0.05, 0) is 56.5 Å². The number of terminal acetylenes is 1. The minimum atomic E-state index is -0.637. The van der Waals surface area contributed by atoms with Gasteiger partial charge in [-0.2, -0.15) is 0 Å².